The Morgan fingerprint density at radius 2 is 1.59 bits per heavy atom. The van der Waals surface area contributed by atoms with Gasteiger partial charge < -0.3 is 9.47 Å². The van der Waals surface area contributed by atoms with Crippen molar-refractivity contribution < 1.29 is 14.3 Å². The van der Waals surface area contributed by atoms with E-state index in [1.165, 1.54) is 0 Å². The van der Waals surface area contributed by atoms with Crippen molar-refractivity contribution in [2.24, 2.45) is 5.41 Å². The Labute approximate surface area is 161 Å². The van der Waals surface area contributed by atoms with Crippen molar-refractivity contribution in [1.29, 1.82) is 5.26 Å². The van der Waals surface area contributed by atoms with Crippen molar-refractivity contribution >= 4 is 5.97 Å². The molecule has 2 aromatic rings. The Morgan fingerprint density at radius 1 is 1.00 bits per heavy atom. The molecular weight excluding hydrogens is 338 g/mol. The Hall–Kier alpha value is -2.80. The highest BCUT2D eigenvalue weighted by molar-refractivity contribution is 5.76. The molecule has 142 valence electrons. The van der Waals surface area contributed by atoms with E-state index in [1.54, 1.807) is 12.1 Å². The highest BCUT2D eigenvalue weighted by atomic mass is 16.6. The molecule has 27 heavy (non-hydrogen) atoms. The zero-order valence-electron chi connectivity index (χ0n) is 16.3. The standard InChI is InChI=1S/C23H27NO3/c1-4-14-23(3,5-2)22(25)27-16-15-26-21-12-10-20(11-13-21)19-8-6-18(17-24)7-9-19/h6-13H,4-5,14-16H2,1-3H3. The molecule has 0 fully saturated rings. The molecule has 1 unspecified atom stereocenters. The molecule has 0 N–H and O–H groups in total. The molecule has 0 aliphatic heterocycles. The van der Waals surface area contributed by atoms with E-state index in [-0.39, 0.29) is 12.6 Å². The summed E-state index contributed by atoms with van der Waals surface area (Å²) in [5.41, 5.74) is 2.34. The van der Waals surface area contributed by atoms with Crippen LogP contribution in [0.2, 0.25) is 0 Å². The van der Waals surface area contributed by atoms with Crippen LogP contribution in [-0.2, 0) is 9.53 Å². The van der Waals surface area contributed by atoms with E-state index in [2.05, 4.69) is 13.0 Å². The highest BCUT2D eigenvalue weighted by Gasteiger charge is 2.31. The second-order valence-corrected chi connectivity index (χ2v) is 6.86. The third kappa shape index (κ3) is 5.59. The van der Waals surface area contributed by atoms with Gasteiger partial charge in [-0.3, -0.25) is 4.79 Å². The lowest BCUT2D eigenvalue weighted by Crippen LogP contribution is -2.30. The van der Waals surface area contributed by atoms with Crippen LogP contribution in [0.25, 0.3) is 11.1 Å². The summed E-state index contributed by atoms with van der Waals surface area (Å²) in [7, 11) is 0. The SMILES string of the molecule is CCCC(C)(CC)C(=O)OCCOc1ccc(-c2ccc(C#N)cc2)cc1. The Kier molecular flexibility index (Phi) is 7.43. The second kappa shape index (κ2) is 9.78. The number of carbonyl (C=O) groups is 1. The molecule has 0 aliphatic carbocycles. The van der Waals surface area contributed by atoms with Crippen LogP contribution in [-0.4, -0.2) is 19.2 Å². The maximum absolute atomic E-state index is 12.2. The number of carbonyl (C=O) groups excluding carboxylic acids is 1. The van der Waals surface area contributed by atoms with Gasteiger partial charge in [-0.1, -0.05) is 44.5 Å². The van der Waals surface area contributed by atoms with Gasteiger partial charge in [0.2, 0.25) is 0 Å². The predicted octanol–water partition coefficient (Wildman–Crippen LogP) is 5.36. The normalized spacial score (nSPS) is 12.7. The number of rotatable bonds is 9. The van der Waals surface area contributed by atoms with Gasteiger partial charge >= 0.3 is 5.97 Å². The zero-order valence-corrected chi connectivity index (χ0v) is 16.3. The molecule has 0 radical (unpaired) electrons. The van der Waals surface area contributed by atoms with Crippen LogP contribution in [0.4, 0.5) is 0 Å². The van der Waals surface area contributed by atoms with Gasteiger partial charge in [-0.2, -0.15) is 5.26 Å². The number of hydrogen-bond acceptors (Lipinski definition) is 4. The highest BCUT2D eigenvalue weighted by Crippen LogP contribution is 2.29. The van der Waals surface area contributed by atoms with Gasteiger partial charge in [-0.15, -0.1) is 0 Å². The van der Waals surface area contributed by atoms with Crippen molar-refractivity contribution in [2.75, 3.05) is 13.2 Å². The van der Waals surface area contributed by atoms with Gasteiger partial charge in [0.15, 0.2) is 0 Å². The van der Waals surface area contributed by atoms with E-state index in [4.69, 9.17) is 14.7 Å². The fourth-order valence-electron chi connectivity index (χ4n) is 2.92. The zero-order chi connectivity index (χ0) is 19.7. The Bertz CT molecular complexity index is 775. The number of nitriles is 1. The first-order valence-electron chi connectivity index (χ1n) is 9.43. The summed E-state index contributed by atoms with van der Waals surface area (Å²) in [5, 5.41) is 8.86. The average molecular weight is 365 g/mol. The maximum atomic E-state index is 12.2. The molecule has 4 nitrogen and oxygen atoms in total. The molecule has 1 atom stereocenters. The van der Waals surface area contributed by atoms with Crippen molar-refractivity contribution in [1.82, 2.24) is 0 Å². The molecule has 0 heterocycles. The fraction of sp³-hybridized carbons (Fsp3) is 0.391. The summed E-state index contributed by atoms with van der Waals surface area (Å²) in [6.45, 7) is 6.62. The summed E-state index contributed by atoms with van der Waals surface area (Å²) in [6.07, 6.45) is 2.57. The van der Waals surface area contributed by atoms with Crippen LogP contribution >= 0.6 is 0 Å². The van der Waals surface area contributed by atoms with Crippen molar-refractivity contribution in [3.05, 3.63) is 54.1 Å². The van der Waals surface area contributed by atoms with E-state index in [0.29, 0.717) is 12.2 Å². The predicted molar refractivity (Wildman–Crippen MR) is 106 cm³/mol. The number of nitrogens with zero attached hydrogens (tertiary/aromatic N) is 1. The summed E-state index contributed by atoms with van der Waals surface area (Å²) >= 11 is 0. The molecular formula is C23H27NO3. The summed E-state index contributed by atoms with van der Waals surface area (Å²) in [5.74, 6) is 0.585. The van der Waals surface area contributed by atoms with Crippen LogP contribution in [0.5, 0.6) is 5.75 Å². The van der Waals surface area contributed by atoms with Crippen molar-refractivity contribution in [3.63, 3.8) is 0 Å². The lowest BCUT2D eigenvalue weighted by atomic mass is 9.83. The van der Waals surface area contributed by atoms with E-state index >= 15 is 0 Å². The van der Waals surface area contributed by atoms with Crippen molar-refractivity contribution in [3.8, 4) is 22.9 Å². The van der Waals surface area contributed by atoms with Crippen LogP contribution in [0.1, 0.15) is 45.6 Å². The average Bonchev–Trinajstić information content (AvgIpc) is 2.71. The molecule has 0 spiro atoms. The third-order valence-corrected chi connectivity index (χ3v) is 4.86. The summed E-state index contributed by atoms with van der Waals surface area (Å²) in [4.78, 5) is 12.2. The smallest absolute Gasteiger partial charge is 0.311 e. The molecule has 0 saturated carbocycles. The number of ether oxygens (including phenoxy) is 2. The van der Waals surface area contributed by atoms with Gasteiger partial charge in [0, 0.05) is 0 Å². The topological polar surface area (TPSA) is 59.3 Å². The quantitative estimate of drug-likeness (QED) is 0.443. The molecule has 0 amide bonds. The molecule has 0 aliphatic rings. The van der Waals surface area contributed by atoms with E-state index in [0.717, 1.165) is 36.1 Å². The molecule has 0 bridgehead atoms. The summed E-state index contributed by atoms with van der Waals surface area (Å²) in [6, 6.07) is 17.3. The van der Waals surface area contributed by atoms with Gasteiger partial charge in [0.05, 0.1) is 17.0 Å². The fourth-order valence-corrected chi connectivity index (χ4v) is 2.92. The monoisotopic (exact) mass is 365 g/mol. The molecule has 4 heteroatoms. The summed E-state index contributed by atoms with van der Waals surface area (Å²) < 4.78 is 11.1. The first-order chi connectivity index (χ1) is 13.0. The molecule has 0 aromatic heterocycles. The van der Waals surface area contributed by atoms with E-state index in [1.807, 2.05) is 50.2 Å². The van der Waals surface area contributed by atoms with Gasteiger partial charge in [0.1, 0.15) is 19.0 Å². The maximum Gasteiger partial charge on any atom is 0.311 e. The van der Waals surface area contributed by atoms with Crippen LogP contribution in [0.3, 0.4) is 0 Å². The third-order valence-electron chi connectivity index (χ3n) is 4.86. The van der Waals surface area contributed by atoms with Gasteiger partial charge in [0.25, 0.3) is 0 Å². The van der Waals surface area contributed by atoms with Crippen LogP contribution in [0, 0.1) is 16.7 Å². The van der Waals surface area contributed by atoms with Crippen LogP contribution < -0.4 is 4.74 Å². The minimum Gasteiger partial charge on any atom is -0.490 e. The largest absolute Gasteiger partial charge is 0.490 e. The minimum atomic E-state index is -0.405. The molecule has 2 aromatic carbocycles. The molecule has 2 rings (SSSR count). The first-order valence-corrected chi connectivity index (χ1v) is 9.43. The number of benzene rings is 2. The second-order valence-electron chi connectivity index (χ2n) is 6.86. The first kappa shape index (κ1) is 20.5. The lowest BCUT2D eigenvalue weighted by molar-refractivity contribution is -0.156. The number of esters is 1. The van der Waals surface area contributed by atoms with Crippen molar-refractivity contribution in [2.45, 2.75) is 40.0 Å². The van der Waals surface area contributed by atoms with Crippen LogP contribution in [0.15, 0.2) is 48.5 Å². The Morgan fingerprint density at radius 3 is 2.11 bits per heavy atom. The molecule has 0 saturated heterocycles. The van der Waals surface area contributed by atoms with E-state index < -0.39 is 5.41 Å². The lowest BCUT2D eigenvalue weighted by Gasteiger charge is -2.25. The van der Waals surface area contributed by atoms with E-state index in [9.17, 15) is 4.79 Å². The Balaban J connectivity index is 1.83. The minimum absolute atomic E-state index is 0.147. The van der Waals surface area contributed by atoms with Gasteiger partial charge in [-0.25, -0.2) is 0 Å². The number of hydrogen-bond donors (Lipinski definition) is 0. The van der Waals surface area contributed by atoms with Gasteiger partial charge in [-0.05, 0) is 55.2 Å².